The van der Waals surface area contributed by atoms with Gasteiger partial charge in [-0.1, -0.05) is 0 Å². The van der Waals surface area contributed by atoms with Gasteiger partial charge in [-0.25, -0.2) is 0 Å². The zero-order chi connectivity index (χ0) is 14.7. The van der Waals surface area contributed by atoms with Crippen molar-refractivity contribution >= 4 is 31.9 Å². The lowest BCUT2D eigenvalue weighted by atomic mass is 10.0. The molecule has 0 spiro atoms. The molecule has 6 heteroatoms. The monoisotopic (exact) mass is 405 g/mol. The van der Waals surface area contributed by atoms with Gasteiger partial charge in [0, 0.05) is 34.3 Å². The van der Waals surface area contributed by atoms with Gasteiger partial charge in [-0.05, 0) is 58.8 Å². The third kappa shape index (κ3) is 3.60. The van der Waals surface area contributed by atoms with E-state index >= 15 is 0 Å². The number of hydrogen-bond acceptors (Lipinski definition) is 4. The Morgan fingerprint density at radius 3 is 2.85 bits per heavy atom. The van der Waals surface area contributed by atoms with E-state index in [2.05, 4.69) is 60.9 Å². The summed E-state index contributed by atoms with van der Waals surface area (Å²) in [6.45, 7) is 6.98. The number of likely N-dealkylation sites (N-methyl/N-ethyl adjacent to an activating group) is 1. The van der Waals surface area contributed by atoms with Gasteiger partial charge in [-0.15, -0.1) is 0 Å². The summed E-state index contributed by atoms with van der Waals surface area (Å²) in [5.74, 6) is 0. The van der Waals surface area contributed by atoms with Gasteiger partial charge in [0.25, 0.3) is 0 Å². The molecule has 0 saturated carbocycles. The molecule has 2 rings (SSSR count). The number of halogens is 2. The standard InChI is InChI=1S/C14H21Br2N3O/c1-9(2)19-4-5-20-12(8-17-3)14(19)13-11(16)6-10(15)7-18-13/h6-7,9,12,14,17H,4-5,8H2,1-3H3. The maximum atomic E-state index is 5.97. The molecular weight excluding hydrogens is 386 g/mol. The van der Waals surface area contributed by atoms with Crippen LogP contribution in [0.3, 0.4) is 0 Å². The number of ether oxygens (including phenoxy) is 1. The first kappa shape index (κ1) is 16.4. The van der Waals surface area contributed by atoms with Crippen LogP contribution in [0.15, 0.2) is 21.2 Å². The summed E-state index contributed by atoms with van der Waals surface area (Å²) in [6, 6.07) is 2.67. The van der Waals surface area contributed by atoms with Crippen molar-refractivity contribution < 1.29 is 4.74 Å². The minimum atomic E-state index is 0.112. The molecule has 2 unspecified atom stereocenters. The Hall–Kier alpha value is -0.0100. The van der Waals surface area contributed by atoms with Gasteiger partial charge in [-0.3, -0.25) is 9.88 Å². The topological polar surface area (TPSA) is 37.4 Å². The second-order valence-electron chi connectivity index (χ2n) is 5.26. The third-order valence-electron chi connectivity index (χ3n) is 3.58. The molecule has 1 N–H and O–H groups in total. The Bertz CT molecular complexity index is 454. The van der Waals surface area contributed by atoms with E-state index in [-0.39, 0.29) is 12.1 Å². The van der Waals surface area contributed by atoms with E-state index in [9.17, 15) is 0 Å². The summed E-state index contributed by atoms with van der Waals surface area (Å²) in [5, 5.41) is 3.22. The summed E-state index contributed by atoms with van der Waals surface area (Å²) in [6.07, 6.45) is 1.96. The van der Waals surface area contributed by atoms with Crippen molar-refractivity contribution in [1.29, 1.82) is 0 Å². The van der Waals surface area contributed by atoms with Gasteiger partial charge < -0.3 is 10.1 Å². The molecule has 0 radical (unpaired) electrons. The summed E-state index contributed by atoms with van der Waals surface area (Å²) in [7, 11) is 1.96. The summed E-state index contributed by atoms with van der Waals surface area (Å²) < 4.78 is 7.97. The van der Waals surface area contributed by atoms with Crippen molar-refractivity contribution in [3.63, 3.8) is 0 Å². The number of aromatic nitrogens is 1. The number of rotatable bonds is 4. The number of nitrogens with one attached hydrogen (secondary N) is 1. The predicted octanol–water partition coefficient (Wildman–Crippen LogP) is 2.98. The SMILES string of the molecule is CNCC1OCCN(C(C)C)C1c1ncc(Br)cc1Br. The lowest BCUT2D eigenvalue weighted by Gasteiger charge is -2.43. The number of hydrogen-bond donors (Lipinski definition) is 1. The van der Waals surface area contributed by atoms with Crippen molar-refractivity contribution in [3.05, 3.63) is 26.9 Å². The summed E-state index contributed by atoms with van der Waals surface area (Å²) >= 11 is 7.10. The second kappa shape index (κ2) is 7.31. The van der Waals surface area contributed by atoms with E-state index < -0.39 is 0 Å². The molecule has 0 bridgehead atoms. The Morgan fingerprint density at radius 1 is 1.50 bits per heavy atom. The van der Waals surface area contributed by atoms with Crippen LogP contribution in [0.4, 0.5) is 0 Å². The Labute approximate surface area is 137 Å². The fourth-order valence-electron chi connectivity index (χ4n) is 2.68. The largest absolute Gasteiger partial charge is 0.374 e. The zero-order valence-electron chi connectivity index (χ0n) is 12.1. The molecule has 0 amide bonds. The van der Waals surface area contributed by atoms with Crippen LogP contribution in [-0.4, -0.2) is 48.8 Å². The zero-order valence-corrected chi connectivity index (χ0v) is 15.2. The van der Waals surface area contributed by atoms with Crippen molar-refractivity contribution in [2.45, 2.75) is 32.0 Å². The van der Waals surface area contributed by atoms with Gasteiger partial charge in [0.1, 0.15) is 0 Å². The number of pyridine rings is 1. The van der Waals surface area contributed by atoms with Gasteiger partial charge >= 0.3 is 0 Å². The Balaban J connectivity index is 2.37. The smallest absolute Gasteiger partial charge is 0.0912 e. The first-order chi connectivity index (χ1) is 9.54. The summed E-state index contributed by atoms with van der Waals surface area (Å²) in [4.78, 5) is 7.09. The van der Waals surface area contributed by atoms with Crippen LogP contribution in [0.25, 0.3) is 0 Å². The normalized spacial score (nSPS) is 24.3. The molecule has 0 aliphatic carbocycles. The van der Waals surface area contributed by atoms with Crippen LogP contribution in [0.2, 0.25) is 0 Å². The highest BCUT2D eigenvalue weighted by Crippen LogP contribution is 2.34. The van der Waals surface area contributed by atoms with Crippen molar-refractivity contribution in [2.75, 3.05) is 26.7 Å². The summed E-state index contributed by atoms with van der Waals surface area (Å²) in [5.41, 5.74) is 1.04. The molecule has 1 fully saturated rings. The van der Waals surface area contributed by atoms with E-state index in [4.69, 9.17) is 4.74 Å². The quantitative estimate of drug-likeness (QED) is 0.833. The molecule has 112 valence electrons. The first-order valence-electron chi connectivity index (χ1n) is 6.87. The average Bonchev–Trinajstić information content (AvgIpc) is 2.39. The van der Waals surface area contributed by atoms with Crippen LogP contribution >= 0.6 is 31.9 Å². The van der Waals surface area contributed by atoms with Gasteiger partial charge in [-0.2, -0.15) is 0 Å². The van der Waals surface area contributed by atoms with Crippen molar-refractivity contribution in [1.82, 2.24) is 15.2 Å². The van der Waals surface area contributed by atoms with Crippen LogP contribution in [0.5, 0.6) is 0 Å². The van der Waals surface area contributed by atoms with E-state index in [0.29, 0.717) is 6.04 Å². The minimum absolute atomic E-state index is 0.112. The Kier molecular flexibility index (Phi) is 5.98. The van der Waals surface area contributed by atoms with Crippen LogP contribution in [0.1, 0.15) is 25.6 Å². The second-order valence-corrected chi connectivity index (χ2v) is 7.03. The van der Waals surface area contributed by atoms with E-state index in [0.717, 1.165) is 34.3 Å². The molecule has 2 heterocycles. The molecule has 0 aromatic carbocycles. The minimum Gasteiger partial charge on any atom is -0.374 e. The van der Waals surface area contributed by atoms with Crippen LogP contribution in [-0.2, 0) is 4.74 Å². The lowest BCUT2D eigenvalue weighted by molar-refractivity contribution is -0.0831. The molecule has 1 aliphatic rings. The van der Waals surface area contributed by atoms with Crippen molar-refractivity contribution in [3.8, 4) is 0 Å². The van der Waals surface area contributed by atoms with E-state index in [1.807, 2.05) is 19.3 Å². The van der Waals surface area contributed by atoms with E-state index in [1.165, 1.54) is 0 Å². The molecule has 1 aromatic rings. The molecule has 20 heavy (non-hydrogen) atoms. The predicted molar refractivity (Wildman–Crippen MR) is 87.9 cm³/mol. The molecule has 1 saturated heterocycles. The van der Waals surface area contributed by atoms with Gasteiger partial charge in [0.2, 0.25) is 0 Å². The number of morpholine rings is 1. The molecule has 1 aromatic heterocycles. The van der Waals surface area contributed by atoms with Crippen molar-refractivity contribution in [2.24, 2.45) is 0 Å². The van der Waals surface area contributed by atoms with Gasteiger partial charge in [0.05, 0.1) is 24.4 Å². The fourth-order valence-corrected chi connectivity index (χ4v) is 3.90. The lowest BCUT2D eigenvalue weighted by Crippen LogP contribution is -2.51. The maximum absolute atomic E-state index is 5.97. The maximum Gasteiger partial charge on any atom is 0.0912 e. The highest BCUT2D eigenvalue weighted by molar-refractivity contribution is 9.11. The van der Waals surface area contributed by atoms with Crippen LogP contribution in [0, 0.1) is 0 Å². The molecule has 4 nitrogen and oxygen atoms in total. The average molecular weight is 407 g/mol. The molecule has 1 aliphatic heterocycles. The first-order valence-corrected chi connectivity index (χ1v) is 8.46. The van der Waals surface area contributed by atoms with Crippen LogP contribution < -0.4 is 5.32 Å². The molecular formula is C14H21Br2N3O. The third-order valence-corrected chi connectivity index (χ3v) is 4.64. The van der Waals surface area contributed by atoms with Gasteiger partial charge in [0.15, 0.2) is 0 Å². The number of nitrogens with zero attached hydrogens (tertiary/aromatic N) is 2. The highest BCUT2D eigenvalue weighted by Gasteiger charge is 2.36. The van der Waals surface area contributed by atoms with E-state index in [1.54, 1.807) is 0 Å². The molecule has 2 atom stereocenters. The Morgan fingerprint density at radius 2 is 2.25 bits per heavy atom. The highest BCUT2D eigenvalue weighted by atomic mass is 79.9. The fraction of sp³-hybridized carbons (Fsp3) is 0.643.